The number of primary amides is 1. The minimum atomic E-state index is -3.84. The van der Waals surface area contributed by atoms with E-state index in [1.165, 1.54) is 15.6 Å². The fraction of sp³-hybridized carbons (Fsp3) is 0.676. The first-order chi connectivity index (χ1) is 22.9. The van der Waals surface area contributed by atoms with Gasteiger partial charge in [-0.05, 0) is 68.8 Å². The summed E-state index contributed by atoms with van der Waals surface area (Å²) >= 11 is 0. The van der Waals surface area contributed by atoms with Crippen LogP contribution in [0.25, 0.3) is 0 Å². The molecule has 0 radical (unpaired) electrons. The molecule has 2 atom stereocenters. The Morgan fingerprint density at radius 2 is 1.67 bits per heavy atom. The minimum Gasteiger partial charge on any atom is -0.466 e. The summed E-state index contributed by atoms with van der Waals surface area (Å²) < 4.78 is 33.1. The third-order valence-electron chi connectivity index (χ3n) is 9.81. The number of benzene rings is 1. The van der Waals surface area contributed by atoms with Gasteiger partial charge in [-0.1, -0.05) is 49.6 Å². The van der Waals surface area contributed by atoms with Crippen LogP contribution in [0.1, 0.15) is 82.6 Å². The third-order valence-corrected chi connectivity index (χ3v) is 11.1. The zero-order valence-electron chi connectivity index (χ0n) is 28.1. The van der Waals surface area contributed by atoms with E-state index in [1.54, 1.807) is 4.90 Å². The maximum atomic E-state index is 14.0. The standard InChI is InChI=1S/C34H52N6O7S/c1-48(45,46)40(29(22-25-10-4-2-5-11-25)33(44)39-18-8-14-28(39)32(35)43)24-27-16-19-38(20-17-27)34(36)37-30(41)15-9-21-47-31(42)23-26-12-6-3-7-13-26/h2,4-5,10-11,26-29H,3,6-9,12-24H2,1H3,(H2,35,43)(H2,36,37,41)/t28-,29+/m0/s1. The Bertz CT molecular complexity index is 1380. The molecule has 2 aliphatic heterocycles. The predicted octanol–water partition coefficient (Wildman–Crippen LogP) is 2.39. The van der Waals surface area contributed by atoms with Crippen molar-refractivity contribution in [1.82, 2.24) is 19.4 Å². The highest BCUT2D eigenvalue weighted by Crippen LogP contribution is 2.27. The average Bonchev–Trinajstić information content (AvgIpc) is 3.56. The summed E-state index contributed by atoms with van der Waals surface area (Å²) in [5.74, 6) is -1.26. The lowest BCUT2D eigenvalue weighted by atomic mass is 9.87. The highest BCUT2D eigenvalue weighted by molar-refractivity contribution is 7.88. The molecule has 4 N–H and O–H groups in total. The Morgan fingerprint density at radius 1 is 0.979 bits per heavy atom. The maximum Gasteiger partial charge on any atom is 0.306 e. The molecule has 3 fully saturated rings. The molecule has 266 valence electrons. The summed E-state index contributed by atoms with van der Waals surface area (Å²) in [5, 5.41) is 11.0. The number of amides is 3. The Balaban J connectivity index is 1.28. The van der Waals surface area contributed by atoms with Crippen molar-refractivity contribution in [3.63, 3.8) is 0 Å². The first kappa shape index (κ1) is 37.3. The number of hydrogen-bond acceptors (Lipinski definition) is 8. The SMILES string of the molecule is CS(=O)(=O)N(CC1CCN(C(=N)NC(=O)CCCOC(=O)CC2CCCCC2)CC1)[C@H](Cc1ccccc1)C(=O)N1CCC[C@H]1C(N)=O. The summed E-state index contributed by atoms with van der Waals surface area (Å²) in [5.41, 5.74) is 6.40. The number of likely N-dealkylation sites (tertiary alicyclic amines) is 2. The second-order valence-electron chi connectivity index (χ2n) is 13.5. The van der Waals surface area contributed by atoms with E-state index in [1.807, 2.05) is 30.3 Å². The molecule has 14 heteroatoms. The number of carbonyl (C=O) groups is 4. The number of nitrogens with zero attached hydrogens (tertiary/aromatic N) is 3. The van der Waals surface area contributed by atoms with Crippen molar-refractivity contribution in [2.45, 2.75) is 95.6 Å². The summed E-state index contributed by atoms with van der Waals surface area (Å²) in [6, 6.07) is 7.41. The molecule has 0 aromatic heterocycles. The Hall–Kier alpha value is -3.52. The Morgan fingerprint density at radius 3 is 2.31 bits per heavy atom. The molecule has 2 saturated heterocycles. The maximum absolute atomic E-state index is 14.0. The Labute approximate surface area is 284 Å². The van der Waals surface area contributed by atoms with Crippen LogP contribution in [0.3, 0.4) is 0 Å². The van der Waals surface area contributed by atoms with Crippen molar-refractivity contribution >= 4 is 39.7 Å². The molecule has 4 rings (SSSR count). The van der Waals surface area contributed by atoms with Crippen LogP contribution in [0.2, 0.25) is 0 Å². The van der Waals surface area contributed by atoms with Gasteiger partial charge in [0.25, 0.3) is 0 Å². The zero-order valence-corrected chi connectivity index (χ0v) is 28.9. The average molecular weight is 689 g/mol. The molecule has 3 aliphatic rings. The van der Waals surface area contributed by atoms with Crippen LogP contribution in [0.4, 0.5) is 0 Å². The van der Waals surface area contributed by atoms with Gasteiger partial charge < -0.3 is 20.3 Å². The second-order valence-corrected chi connectivity index (χ2v) is 15.4. The van der Waals surface area contributed by atoms with Gasteiger partial charge in [-0.25, -0.2) is 8.42 Å². The highest BCUT2D eigenvalue weighted by Gasteiger charge is 2.42. The summed E-state index contributed by atoms with van der Waals surface area (Å²) in [7, 11) is -3.84. The van der Waals surface area contributed by atoms with Crippen LogP contribution in [-0.4, -0.2) is 103 Å². The number of guanidine groups is 1. The van der Waals surface area contributed by atoms with Crippen molar-refractivity contribution in [2.75, 3.05) is 39.0 Å². The molecule has 2 heterocycles. The molecule has 3 amide bonds. The van der Waals surface area contributed by atoms with Gasteiger partial charge in [-0.3, -0.25) is 29.9 Å². The first-order valence-corrected chi connectivity index (χ1v) is 19.2. The number of hydrogen-bond donors (Lipinski definition) is 3. The van der Waals surface area contributed by atoms with Crippen molar-refractivity contribution < 1.29 is 32.3 Å². The van der Waals surface area contributed by atoms with E-state index >= 15 is 0 Å². The van der Waals surface area contributed by atoms with E-state index in [0.717, 1.165) is 37.5 Å². The van der Waals surface area contributed by atoms with Crippen LogP contribution < -0.4 is 11.1 Å². The van der Waals surface area contributed by atoms with Crippen molar-refractivity contribution in [3.8, 4) is 0 Å². The first-order valence-electron chi connectivity index (χ1n) is 17.3. The zero-order chi connectivity index (χ0) is 34.7. The lowest BCUT2D eigenvalue weighted by Gasteiger charge is -2.38. The molecule has 1 aromatic rings. The normalized spacial score (nSPS) is 20.0. The van der Waals surface area contributed by atoms with Gasteiger partial charge in [0.2, 0.25) is 27.7 Å². The van der Waals surface area contributed by atoms with Crippen molar-refractivity contribution in [3.05, 3.63) is 35.9 Å². The van der Waals surface area contributed by atoms with Gasteiger partial charge >= 0.3 is 5.97 Å². The van der Waals surface area contributed by atoms with E-state index in [2.05, 4.69) is 5.32 Å². The molecule has 1 aliphatic carbocycles. The summed E-state index contributed by atoms with van der Waals surface area (Å²) in [6.07, 6.45) is 10.1. The number of carbonyl (C=O) groups excluding carboxylic acids is 4. The van der Waals surface area contributed by atoms with E-state index in [9.17, 15) is 27.6 Å². The van der Waals surface area contributed by atoms with Crippen LogP contribution in [0.15, 0.2) is 30.3 Å². The van der Waals surface area contributed by atoms with E-state index in [0.29, 0.717) is 64.1 Å². The molecule has 48 heavy (non-hydrogen) atoms. The highest BCUT2D eigenvalue weighted by atomic mass is 32.2. The van der Waals surface area contributed by atoms with Gasteiger partial charge in [0.1, 0.15) is 12.1 Å². The number of nitrogens with one attached hydrogen (secondary N) is 2. The van der Waals surface area contributed by atoms with Gasteiger partial charge in [0.15, 0.2) is 5.96 Å². The molecule has 0 spiro atoms. The molecule has 0 unspecified atom stereocenters. The van der Waals surface area contributed by atoms with E-state index < -0.39 is 33.9 Å². The van der Waals surface area contributed by atoms with Crippen LogP contribution in [0.5, 0.6) is 0 Å². The van der Waals surface area contributed by atoms with Gasteiger partial charge in [-0.2, -0.15) is 4.31 Å². The number of rotatable bonds is 14. The number of ether oxygens (including phenoxy) is 1. The lowest BCUT2D eigenvalue weighted by molar-refractivity contribution is -0.145. The van der Waals surface area contributed by atoms with E-state index in [-0.39, 0.29) is 49.7 Å². The molecule has 13 nitrogen and oxygen atoms in total. The second kappa shape index (κ2) is 17.8. The third kappa shape index (κ3) is 11.0. The topological polar surface area (TPSA) is 183 Å². The number of esters is 1. The fourth-order valence-electron chi connectivity index (χ4n) is 7.13. The quantitative estimate of drug-likeness (QED) is 0.115. The van der Waals surface area contributed by atoms with Gasteiger partial charge in [0.05, 0.1) is 12.9 Å². The minimum absolute atomic E-state index is 0.0172. The number of sulfonamides is 1. The van der Waals surface area contributed by atoms with Gasteiger partial charge in [-0.15, -0.1) is 0 Å². The van der Waals surface area contributed by atoms with Crippen LogP contribution in [0, 0.1) is 17.2 Å². The smallest absolute Gasteiger partial charge is 0.306 e. The van der Waals surface area contributed by atoms with Crippen LogP contribution >= 0.6 is 0 Å². The summed E-state index contributed by atoms with van der Waals surface area (Å²) in [6.45, 7) is 1.50. The van der Waals surface area contributed by atoms with Gasteiger partial charge in [0, 0.05) is 39.0 Å². The lowest BCUT2D eigenvalue weighted by Crippen LogP contribution is -2.56. The number of piperidine rings is 1. The fourth-order valence-corrected chi connectivity index (χ4v) is 8.24. The van der Waals surface area contributed by atoms with Crippen molar-refractivity contribution in [1.29, 1.82) is 5.41 Å². The molecular formula is C34H52N6O7S. The Kier molecular flexibility index (Phi) is 13.8. The van der Waals surface area contributed by atoms with Crippen molar-refractivity contribution in [2.24, 2.45) is 17.6 Å². The monoisotopic (exact) mass is 688 g/mol. The molecule has 0 bridgehead atoms. The number of nitrogens with two attached hydrogens (primary N) is 1. The van der Waals surface area contributed by atoms with Crippen LogP contribution in [-0.2, 0) is 40.4 Å². The predicted molar refractivity (Wildman–Crippen MR) is 181 cm³/mol. The molecule has 1 aromatic carbocycles. The summed E-state index contributed by atoms with van der Waals surface area (Å²) in [4.78, 5) is 53.8. The molecular weight excluding hydrogens is 636 g/mol. The molecule has 1 saturated carbocycles. The van der Waals surface area contributed by atoms with E-state index in [4.69, 9.17) is 15.9 Å². The largest absolute Gasteiger partial charge is 0.466 e.